The summed E-state index contributed by atoms with van der Waals surface area (Å²) in [6.45, 7) is 4.46. The van der Waals surface area contributed by atoms with E-state index in [0.29, 0.717) is 23.4 Å². The highest BCUT2D eigenvalue weighted by Crippen LogP contribution is 2.57. The van der Waals surface area contributed by atoms with Crippen molar-refractivity contribution in [2.75, 3.05) is 0 Å². The lowest BCUT2D eigenvalue weighted by atomic mass is 9.90. The molecule has 3 unspecified atom stereocenters. The molecule has 3 atom stereocenters. The van der Waals surface area contributed by atoms with Gasteiger partial charge in [0, 0.05) is 23.6 Å². The van der Waals surface area contributed by atoms with E-state index < -0.39 is 0 Å². The molecule has 0 saturated heterocycles. The van der Waals surface area contributed by atoms with Gasteiger partial charge in [-0.15, -0.1) is 5.10 Å². The molecule has 1 aliphatic carbocycles. The molecule has 1 fully saturated rings. The van der Waals surface area contributed by atoms with Crippen LogP contribution in [0.1, 0.15) is 41.9 Å². The van der Waals surface area contributed by atoms with E-state index in [1.807, 2.05) is 30.3 Å². The van der Waals surface area contributed by atoms with Gasteiger partial charge in [0.05, 0.1) is 11.2 Å². The fraction of sp³-hybridized carbons (Fsp3) is 0.240. The Hall–Kier alpha value is -3.34. The minimum Gasteiger partial charge on any atom is -0.256 e. The Morgan fingerprint density at radius 1 is 1.07 bits per heavy atom. The number of rotatable bonds is 4. The van der Waals surface area contributed by atoms with Crippen LogP contribution in [-0.4, -0.2) is 20.7 Å². The van der Waals surface area contributed by atoms with Gasteiger partial charge in [-0.1, -0.05) is 48.5 Å². The molecule has 5 heteroatoms. The van der Waals surface area contributed by atoms with Crippen LogP contribution in [0.2, 0.25) is 0 Å². The van der Waals surface area contributed by atoms with Crippen LogP contribution >= 0.6 is 0 Å². The monoisotopic (exact) mass is 396 g/mol. The lowest BCUT2D eigenvalue weighted by molar-refractivity contribution is 0.603. The Bertz CT molecular complexity index is 1340. The number of nitrogens with zero attached hydrogens (tertiary/aromatic N) is 4. The van der Waals surface area contributed by atoms with Crippen molar-refractivity contribution in [3.05, 3.63) is 83.2 Å². The predicted molar refractivity (Wildman–Crippen MR) is 116 cm³/mol. The van der Waals surface area contributed by atoms with E-state index in [1.165, 1.54) is 16.8 Å². The van der Waals surface area contributed by atoms with Gasteiger partial charge in [0.1, 0.15) is 11.2 Å². The first-order chi connectivity index (χ1) is 14.6. The highest BCUT2D eigenvalue weighted by atomic mass is 19.1. The number of fused-ring (bicyclic) bond motifs is 4. The maximum Gasteiger partial charge on any atom is 0.151 e. The van der Waals surface area contributed by atoms with Crippen molar-refractivity contribution in [3.63, 3.8) is 0 Å². The van der Waals surface area contributed by atoms with Crippen molar-refractivity contribution in [2.45, 2.75) is 32.1 Å². The molecule has 0 spiro atoms. The maximum atomic E-state index is 14.9. The Morgan fingerprint density at radius 2 is 1.87 bits per heavy atom. The summed E-state index contributed by atoms with van der Waals surface area (Å²) >= 11 is 0. The van der Waals surface area contributed by atoms with Gasteiger partial charge in [0.15, 0.2) is 5.82 Å². The zero-order chi connectivity index (χ0) is 20.4. The van der Waals surface area contributed by atoms with Gasteiger partial charge in [0.25, 0.3) is 0 Å². The van der Waals surface area contributed by atoms with E-state index in [2.05, 4.69) is 48.4 Å². The van der Waals surface area contributed by atoms with E-state index >= 15 is 0 Å². The molecular formula is C25H21FN4. The normalized spacial score (nSPS) is 20.0. The summed E-state index contributed by atoms with van der Waals surface area (Å²) in [5, 5.41) is 8.37. The van der Waals surface area contributed by atoms with E-state index in [0.717, 1.165) is 28.7 Å². The second-order valence-corrected chi connectivity index (χ2v) is 8.47. The summed E-state index contributed by atoms with van der Waals surface area (Å²) in [7, 11) is 0. The predicted octanol–water partition coefficient (Wildman–Crippen LogP) is 5.86. The summed E-state index contributed by atoms with van der Waals surface area (Å²) in [6, 6.07) is 19.7. The third kappa shape index (κ3) is 2.54. The maximum absolute atomic E-state index is 14.9. The van der Waals surface area contributed by atoms with Gasteiger partial charge in [-0.05, 0) is 54.2 Å². The molecule has 2 aliphatic rings. The average Bonchev–Trinajstić information content (AvgIpc) is 3.09. The van der Waals surface area contributed by atoms with Gasteiger partial charge >= 0.3 is 0 Å². The Balaban J connectivity index is 1.32. The summed E-state index contributed by atoms with van der Waals surface area (Å²) in [4.78, 5) is 4.75. The van der Waals surface area contributed by atoms with Crippen LogP contribution in [-0.2, 0) is 0 Å². The van der Waals surface area contributed by atoms with Crippen molar-refractivity contribution in [2.24, 2.45) is 10.9 Å². The zero-order valence-electron chi connectivity index (χ0n) is 16.9. The lowest BCUT2D eigenvalue weighted by Crippen LogP contribution is -2.02. The van der Waals surface area contributed by atoms with E-state index in [-0.39, 0.29) is 5.82 Å². The standard InChI is InChI=1S/C25H21FN4/c1-14-7-3-4-8-16(14)15(2)11-18-24-17-12-23(19(26)13-21(17)27-25(18)24)30-22-10-6-5-9-20(22)28-29-30/h3-10,12-13,15,18,24H,11H2,1-2H3. The Labute approximate surface area is 174 Å². The first kappa shape index (κ1) is 17.5. The second-order valence-electron chi connectivity index (χ2n) is 8.47. The van der Waals surface area contributed by atoms with Crippen LogP contribution in [0.15, 0.2) is 65.7 Å². The van der Waals surface area contributed by atoms with Gasteiger partial charge < -0.3 is 0 Å². The van der Waals surface area contributed by atoms with Crippen LogP contribution in [0.4, 0.5) is 10.1 Å². The van der Waals surface area contributed by atoms with Crippen LogP contribution in [0.3, 0.4) is 0 Å². The van der Waals surface area contributed by atoms with Gasteiger partial charge in [-0.25, -0.2) is 9.07 Å². The van der Waals surface area contributed by atoms with Crippen molar-refractivity contribution in [3.8, 4) is 5.69 Å². The molecule has 148 valence electrons. The van der Waals surface area contributed by atoms with E-state index in [1.54, 1.807) is 10.7 Å². The number of aryl methyl sites for hydroxylation is 1. The van der Waals surface area contributed by atoms with E-state index in [9.17, 15) is 4.39 Å². The molecule has 0 N–H and O–H groups in total. The Morgan fingerprint density at radius 3 is 2.73 bits per heavy atom. The fourth-order valence-electron chi connectivity index (χ4n) is 5.00. The molecule has 30 heavy (non-hydrogen) atoms. The average molecular weight is 396 g/mol. The van der Waals surface area contributed by atoms with Crippen molar-refractivity contribution in [1.29, 1.82) is 0 Å². The zero-order valence-corrected chi connectivity index (χ0v) is 16.9. The van der Waals surface area contributed by atoms with Crippen molar-refractivity contribution >= 4 is 22.4 Å². The first-order valence-corrected chi connectivity index (χ1v) is 10.4. The molecule has 0 bridgehead atoms. The minimum absolute atomic E-state index is 0.306. The van der Waals surface area contributed by atoms with Gasteiger partial charge in [-0.2, -0.15) is 0 Å². The third-order valence-electron chi connectivity index (χ3n) is 6.58. The van der Waals surface area contributed by atoms with E-state index in [4.69, 9.17) is 4.99 Å². The summed E-state index contributed by atoms with van der Waals surface area (Å²) in [5.41, 5.74) is 7.81. The van der Waals surface area contributed by atoms with Crippen LogP contribution in [0.25, 0.3) is 16.7 Å². The quantitative estimate of drug-likeness (QED) is 0.433. The Kier molecular flexibility index (Phi) is 3.69. The molecule has 1 aromatic heterocycles. The third-order valence-corrected chi connectivity index (χ3v) is 6.58. The molecule has 1 aliphatic heterocycles. The van der Waals surface area contributed by atoms with Crippen LogP contribution in [0.5, 0.6) is 0 Å². The molecule has 6 rings (SSSR count). The number of aliphatic imine (C=N–C) groups is 1. The second kappa shape index (κ2) is 6.33. The van der Waals surface area contributed by atoms with Crippen molar-refractivity contribution in [1.82, 2.24) is 15.0 Å². The molecule has 0 amide bonds. The highest BCUT2D eigenvalue weighted by Gasteiger charge is 2.52. The minimum atomic E-state index is -0.320. The lowest BCUT2D eigenvalue weighted by Gasteiger charge is -2.15. The summed E-state index contributed by atoms with van der Waals surface area (Å²) < 4.78 is 16.5. The molecular weight excluding hydrogens is 375 g/mol. The summed E-state index contributed by atoms with van der Waals surface area (Å²) in [5.74, 6) is 0.894. The molecule has 2 heterocycles. The number of hydrogen-bond acceptors (Lipinski definition) is 3. The first-order valence-electron chi connectivity index (χ1n) is 10.4. The number of halogens is 1. The topological polar surface area (TPSA) is 43.1 Å². The fourth-order valence-corrected chi connectivity index (χ4v) is 5.00. The van der Waals surface area contributed by atoms with Gasteiger partial charge in [0.2, 0.25) is 0 Å². The smallest absolute Gasteiger partial charge is 0.151 e. The van der Waals surface area contributed by atoms with Gasteiger partial charge in [-0.3, -0.25) is 4.99 Å². The number of benzene rings is 3. The molecule has 0 radical (unpaired) electrons. The molecule has 4 aromatic rings. The van der Waals surface area contributed by atoms with Crippen LogP contribution < -0.4 is 0 Å². The molecule has 1 saturated carbocycles. The number of hydrogen-bond donors (Lipinski definition) is 0. The molecule has 3 aromatic carbocycles. The van der Waals surface area contributed by atoms with Crippen LogP contribution in [0, 0.1) is 18.7 Å². The summed E-state index contributed by atoms with van der Waals surface area (Å²) in [6.07, 6.45) is 1.06. The number of aromatic nitrogens is 3. The number of para-hydroxylation sites is 1. The largest absolute Gasteiger partial charge is 0.256 e. The van der Waals surface area contributed by atoms with Crippen molar-refractivity contribution < 1.29 is 4.39 Å². The highest BCUT2D eigenvalue weighted by molar-refractivity contribution is 6.14. The molecule has 4 nitrogen and oxygen atoms in total. The SMILES string of the molecule is Cc1ccccc1C(C)CC1C2=Nc3cc(F)c(-n4nnc5ccccc54)cc3C21.